The summed E-state index contributed by atoms with van der Waals surface area (Å²) in [4.78, 5) is 27.9. The topological polar surface area (TPSA) is 101 Å². The number of halogens is 1. The van der Waals surface area contributed by atoms with E-state index >= 15 is 0 Å². The van der Waals surface area contributed by atoms with Crippen LogP contribution in [0.4, 0.5) is 5.69 Å². The third kappa shape index (κ3) is 14.6. The molecule has 31 heavy (non-hydrogen) atoms. The van der Waals surface area contributed by atoms with Crippen LogP contribution in [-0.4, -0.2) is 49.2 Å². The maximum absolute atomic E-state index is 12.1. The highest BCUT2D eigenvalue weighted by Gasteiger charge is 2.13. The molecule has 0 spiro atoms. The van der Waals surface area contributed by atoms with Crippen molar-refractivity contribution >= 4 is 47.5 Å². The molecular formula is C22H37IN4O4. The number of benzene rings is 1. The molecule has 3 N–H and O–H groups in total. The van der Waals surface area contributed by atoms with Crippen molar-refractivity contribution in [3.05, 3.63) is 24.3 Å². The lowest BCUT2D eigenvalue weighted by atomic mass is 10.1. The summed E-state index contributed by atoms with van der Waals surface area (Å²) in [5.41, 5.74) is 0.485. The highest BCUT2D eigenvalue weighted by molar-refractivity contribution is 14.0. The van der Waals surface area contributed by atoms with Crippen LogP contribution in [0.5, 0.6) is 5.75 Å². The molecule has 0 bridgehead atoms. The van der Waals surface area contributed by atoms with E-state index in [1.807, 2.05) is 58.9 Å². The number of hydrogen-bond acceptors (Lipinski definition) is 5. The summed E-state index contributed by atoms with van der Waals surface area (Å²) in [6.45, 7) is 12.4. The van der Waals surface area contributed by atoms with E-state index in [9.17, 15) is 9.59 Å². The molecule has 0 aliphatic heterocycles. The average molecular weight is 548 g/mol. The van der Waals surface area contributed by atoms with Gasteiger partial charge in [-0.25, -0.2) is 4.99 Å². The van der Waals surface area contributed by atoms with Crippen LogP contribution in [0.25, 0.3) is 0 Å². The fourth-order valence-corrected chi connectivity index (χ4v) is 2.45. The molecule has 0 unspecified atom stereocenters. The number of hydrogen-bond donors (Lipinski definition) is 3. The summed E-state index contributed by atoms with van der Waals surface area (Å²) in [7, 11) is 0. The third-order valence-electron chi connectivity index (χ3n) is 3.54. The smallest absolute Gasteiger partial charge is 0.305 e. The van der Waals surface area contributed by atoms with Crippen molar-refractivity contribution in [2.24, 2.45) is 4.99 Å². The van der Waals surface area contributed by atoms with Crippen molar-refractivity contribution in [3.8, 4) is 5.75 Å². The number of carbonyl (C=O) groups is 2. The van der Waals surface area contributed by atoms with Gasteiger partial charge in [-0.3, -0.25) is 9.59 Å². The molecule has 0 radical (unpaired) electrons. The van der Waals surface area contributed by atoms with E-state index < -0.39 is 0 Å². The zero-order chi connectivity index (χ0) is 22.6. The summed E-state index contributed by atoms with van der Waals surface area (Å²) < 4.78 is 10.6. The zero-order valence-electron chi connectivity index (χ0n) is 19.4. The average Bonchev–Trinajstić information content (AvgIpc) is 2.63. The molecule has 1 amide bonds. The van der Waals surface area contributed by atoms with Crippen molar-refractivity contribution in [1.82, 2.24) is 10.6 Å². The van der Waals surface area contributed by atoms with Crippen LogP contribution >= 0.6 is 24.0 Å². The number of esters is 1. The van der Waals surface area contributed by atoms with Gasteiger partial charge in [0.05, 0.1) is 12.7 Å². The SMILES string of the molecule is CCOC(=O)CCCNC(=NCC(=O)NC(C)(C)C)Nc1ccc(OC(C)C)cc1.I. The summed E-state index contributed by atoms with van der Waals surface area (Å²) in [6, 6.07) is 7.49. The molecule has 9 heteroatoms. The lowest BCUT2D eigenvalue weighted by Gasteiger charge is -2.20. The molecule has 0 aliphatic rings. The van der Waals surface area contributed by atoms with Gasteiger partial charge in [-0.1, -0.05) is 0 Å². The second-order valence-corrected chi connectivity index (χ2v) is 8.11. The molecule has 1 aromatic rings. The van der Waals surface area contributed by atoms with Crippen molar-refractivity contribution in [3.63, 3.8) is 0 Å². The number of anilines is 1. The fourth-order valence-electron chi connectivity index (χ4n) is 2.45. The first-order chi connectivity index (χ1) is 14.1. The van der Waals surface area contributed by atoms with E-state index in [2.05, 4.69) is 20.9 Å². The second kappa shape index (κ2) is 14.9. The molecule has 0 heterocycles. The molecule has 0 aromatic heterocycles. The molecule has 1 aromatic carbocycles. The number of nitrogens with zero attached hydrogens (tertiary/aromatic N) is 1. The minimum Gasteiger partial charge on any atom is -0.491 e. The summed E-state index contributed by atoms with van der Waals surface area (Å²) in [6.07, 6.45) is 1.01. The first-order valence-corrected chi connectivity index (χ1v) is 10.4. The van der Waals surface area contributed by atoms with Crippen LogP contribution in [0.1, 0.15) is 54.4 Å². The molecule has 0 atom stereocenters. The summed E-state index contributed by atoms with van der Waals surface area (Å²) in [5.74, 6) is 0.841. The van der Waals surface area contributed by atoms with Crippen LogP contribution in [0, 0.1) is 0 Å². The number of ether oxygens (including phenoxy) is 2. The Morgan fingerprint density at radius 1 is 1.13 bits per heavy atom. The van der Waals surface area contributed by atoms with Crippen LogP contribution in [0.15, 0.2) is 29.3 Å². The van der Waals surface area contributed by atoms with E-state index in [-0.39, 0.29) is 54.0 Å². The predicted molar refractivity (Wildman–Crippen MR) is 135 cm³/mol. The highest BCUT2D eigenvalue weighted by atomic mass is 127. The lowest BCUT2D eigenvalue weighted by Crippen LogP contribution is -2.42. The summed E-state index contributed by atoms with van der Waals surface area (Å²) in [5, 5.41) is 9.21. The Morgan fingerprint density at radius 3 is 2.32 bits per heavy atom. The van der Waals surface area contributed by atoms with Gasteiger partial charge in [0.1, 0.15) is 12.3 Å². The number of carbonyl (C=O) groups excluding carboxylic acids is 2. The standard InChI is InChI=1S/C22H36N4O4.HI/c1-7-29-20(28)9-8-14-23-21(24-15-19(27)26-22(4,5)6)25-17-10-12-18(13-11-17)30-16(2)3;/h10-13,16H,7-9,14-15H2,1-6H3,(H,26,27)(H2,23,24,25);1H. The van der Waals surface area contributed by atoms with E-state index in [4.69, 9.17) is 9.47 Å². The van der Waals surface area contributed by atoms with Crippen molar-refractivity contribution in [1.29, 1.82) is 0 Å². The Kier molecular flexibility index (Phi) is 13.9. The second-order valence-electron chi connectivity index (χ2n) is 8.11. The molecular weight excluding hydrogens is 511 g/mol. The number of nitrogens with one attached hydrogen (secondary N) is 3. The molecule has 0 saturated heterocycles. The van der Waals surface area contributed by atoms with Gasteiger partial charge in [0, 0.05) is 24.2 Å². The van der Waals surface area contributed by atoms with E-state index in [0.717, 1.165) is 11.4 Å². The predicted octanol–water partition coefficient (Wildman–Crippen LogP) is 3.71. The minimum absolute atomic E-state index is 0. The van der Waals surface area contributed by atoms with E-state index in [1.54, 1.807) is 6.92 Å². The van der Waals surface area contributed by atoms with Gasteiger partial charge in [-0.05, 0) is 72.2 Å². The Labute approximate surface area is 203 Å². The molecule has 0 aliphatic carbocycles. The minimum atomic E-state index is -0.320. The first kappa shape index (κ1) is 29.0. The highest BCUT2D eigenvalue weighted by Crippen LogP contribution is 2.16. The van der Waals surface area contributed by atoms with Crippen LogP contribution < -0.4 is 20.7 Å². The van der Waals surface area contributed by atoms with Gasteiger partial charge in [0.2, 0.25) is 5.91 Å². The lowest BCUT2D eigenvalue weighted by molar-refractivity contribution is -0.143. The van der Waals surface area contributed by atoms with Crippen molar-refractivity contribution in [2.75, 3.05) is 25.0 Å². The Balaban J connectivity index is 0.00000900. The Morgan fingerprint density at radius 2 is 1.77 bits per heavy atom. The molecule has 0 fully saturated rings. The largest absolute Gasteiger partial charge is 0.491 e. The molecule has 1 rings (SSSR count). The van der Waals surface area contributed by atoms with Gasteiger partial charge in [-0.15, -0.1) is 24.0 Å². The monoisotopic (exact) mass is 548 g/mol. The fraction of sp³-hybridized carbons (Fsp3) is 0.591. The van der Waals surface area contributed by atoms with Crippen LogP contribution in [-0.2, 0) is 14.3 Å². The quantitative estimate of drug-likeness (QED) is 0.136. The van der Waals surface area contributed by atoms with Gasteiger partial charge in [0.25, 0.3) is 0 Å². The normalized spacial score (nSPS) is 11.4. The molecule has 0 saturated carbocycles. The maximum Gasteiger partial charge on any atom is 0.305 e. The molecule has 176 valence electrons. The number of amides is 1. The van der Waals surface area contributed by atoms with E-state index in [1.165, 1.54) is 0 Å². The number of aliphatic imine (C=N–C) groups is 1. The Bertz CT molecular complexity index is 700. The first-order valence-electron chi connectivity index (χ1n) is 10.4. The summed E-state index contributed by atoms with van der Waals surface area (Å²) >= 11 is 0. The van der Waals surface area contributed by atoms with Crippen LogP contribution in [0.2, 0.25) is 0 Å². The maximum atomic E-state index is 12.1. The van der Waals surface area contributed by atoms with Gasteiger partial charge in [-0.2, -0.15) is 0 Å². The van der Waals surface area contributed by atoms with Gasteiger partial charge < -0.3 is 25.4 Å². The van der Waals surface area contributed by atoms with Gasteiger partial charge >= 0.3 is 5.97 Å². The van der Waals surface area contributed by atoms with Crippen molar-refractivity contribution in [2.45, 2.75) is 66.0 Å². The zero-order valence-corrected chi connectivity index (χ0v) is 21.7. The van der Waals surface area contributed by atoms with Crippen molar-refractivity contribution < 1.29 is 19.1 Å². The number of rotatable bonds is 10. The third-order valence-corrected chi connectivity index (χ3v) is 3.54. The van der Waals surface area contributed by atoms with E-state index in [0.29, 0.717) is 32.0 Å². The Hall–Kier alpha value is -2.04. The van der Waals surface area contributed by atoms with Gasteiger partial charge in [0.15, 0.2) is 5.96 Å². The number of guanidine groups is 1. The molecule has 8 nitrogen and oxygen atoms in total. The van der Waals surface area contributed by atoms with Crippen LogP contribution in [0.3, 0.4) is 0 Å².